The number of nitrogens with one attached hydrogen (secondary N) is 1. The molecule has 2 aliphatic heterocycles. The lowest BCUT2D eigenvalue weighted by Crippen LogP contribution is -2.49. The molecule has 0 radical (unpaired) electrons. The van der Waals surface area contributed by atoms with Gasteiger partial charge in [-0.05, 0) is 18.1 Å². The van der Waals surface area contributed by atoms with E-state index in [-0.39, 0.29) is 24.2 Å². The van der Waals surface area contributed by atoms with Crippen LogP contribution < -0.4 is 5.32 Å². The molecule has 0 spiro atoms. The Bertz CT molecular complexity index is 845. The third-order valence-electron chi connectivity index (χ3n) is 5.07. The van der Waals surface area contributed by atoms with E-state index in [2.05, 4.69) is 5.32 Å². The normalized spacial score (nSPS) is 24.6. The molecule has 2 aliphatic rings. The fourth-order valence-corrected chi connectivity index (χ4v) is 5.43. The van der Waals surface area contributed by atoms with Crippen LogP contribution in [-0.4, -0.2) is 28.5 Å². The van der Waals surface area contributed by atoms with Gasteiger partial charge in [-0.2, -0.15) is 0 Å². The van der Waals surface area contributed by atoms with E-state index in [1.165, 1.54) is 6.07 Å². The summed E-state index contributed by atoms with van der Waals surface area (Å²) in [6.07, 6.45) is 1.15. The fraction of sp³-hybridized carbons (Fsp3) is 0.300. The first-order chi connectivity index (χ1) is 12.6. The predicted octanol–water partition coefficient (Wildman–Crippen LogP) is 3.03. The number of carbonyl (C=O) groups is 2. The maximum Gasteiger partial charge on any atom is 0.244 e. The minimum atomic E-state index is -0.526. The largest absolute Gasteiger partial charge is 0.350 e. The summed E-state index contributed by atoms with van der Waals surface area (Å²) < 4.78 is 13.8. The minimum absolute atomic E-state index is 0.00453. The number of fused-ring (bicyclic) bond motifs is 1. The molecule has 0 unspecified atom stereocenters. The van der Waals surface area contributed by atoms with Crippen LogP contribution in [0.15, 0.2) is 54.6 Å². The lowest BCUT2D eigenvalue weighted by atomic mass is 10.0. The number of amides is 2. The molecule has 0 aromatic heterocycles. The van der Waals surface area contributed by atoms with Gasteiger partial charge in [-0.25, -0.2) is 4.39 Å². The van der Waals surface area contributed by atoms with Crippen molar-refractivity contribution in [3.63, 3.8) is 0 Å². The van der Waals surface area contributed by atoms with Crippen LogP contribution in [0.3, 0.4) is 0 Å². The molecule has 1 N–H and O–H groups in total. The number of hydrogen-bond donors (Lipinski definition) is 1. The maximum absolute atomic E-state index is 13.8. The Kier molecular flexibility index (Phi) is 4.44. The standard InChI is InChI=1S/C20H19FN2O2S/c21-16-9-5-4-6-14(16)12-22-19(25)17-13-26-20(11-10-18(24)23(17)20)15-7-2-1-3-8-15/h1-9,17H,10-13H2,(H,22,25)/t17-,20+/m1/s1. The summed E-state index contributed by atoms with van der Waals surface area (Å²) in [6.45, 7) is 0.118. The van der Waals surface area contributed by atoms with Crippen LogP contribution in [0.25, 0.3) is 0 Å². The van der Waals surface area contributed by atoms with E-state index in [0.717, 1.165) is 5.56 Å². The number of carbonyl (C=O) groups excluding carboxylic acids is 2. The van der Waals surface area contributed by atoms with E-state index in [9.17, 15) is 14.0 Å². The maximum atomic E-state index is 13.8. The second-order valence-corrected chi connectivity index (χ2v) is 7.85. The van der Waals surface area contributed by atoms with Crippen LogP contribution in [0.4, 0.5) is 4.39 Å². The van der Waals surface area contributed by atoms with Crippen molar-refractivity contribution in [3.8, 4) is 0 Å². The van der Waals surface area contributed by atoms with Crippen molar-refractivity contribution in [2.24, 2.45) is 0 Å². The van der Waals surface area contributed by atoms with Crippen LogP contribution in [0.5, 0.6) is 0 Å². The van der Waals surface area contributed by atoms with Gasteiger partial charge in [-0.3, -0.25) is 9.59 Å². The monoisotopic (exact) mass is 370 g/mol. The smallest absolute Gasteiger partial charge is 0.244 e. The second-order valence-electron chi connectivity index (χ2n) is 6.55. The third kappa shape index (κ3) is 2.78. The number of hydrogen-bond acceptors (Lipinski definition) is 3. The average molecular weight is 370 g/mol. The van der Waals surface area contributed by atoms with Crippen LogP contribution in [0.2, 0.25) is 0 Å². The lowest BCUT2D eigenvalue weighted by Gasteiger charge is -2.34. The highest BCUT2D eigenvalue weighted by Crippen LogP contribution is 2.54. The van der Waals surface area contributed by atoms with E-state index in [1.54, 1.807) is 34.9 Å². The number of thioether (sulfide) groups is 1. The summed E-state index contributed by atoms with van der Waals surface area (Å²) in [4.78, 5) is 26.6. The number of halogens is 1. The van der Waals surface area contributed by atoms with Gasteiger partial charge in [0.2, 0.25) is 11.8 Å². The molecule has 2 atom stereocenters. The summed E-state index contributed by atoms with van der Waals surface area (Å²) in [6, 6.07) is 15.7. The van der Waals surface area contributed by atoms with Crippen molar-refractivity contribution in [1.29, 1.82) is 0 Å². The first-order valence-electron chi connectivity index (χ1n) is 8.64. The molecule has 2 fully saturated rings. The van der Waals surface area contributed by atoms with Crippen molar-refractivity contribution in [1.82, 2.24) is 10.2 Å². The van der Waals surface area contributed by atoms with Gasteiger partial charge < -0.3 is 10.2 Å². The van der Waals surface area contributed by atoms with E-state index in [4.69, 9.17) is 0 Å². The van der Waals surface area contributed by atoms with Crippen molar-refractivity contribution in [3.05, 3.63) is 71.5 Å². The Hall–Kier alpha value is -2.34. The zero-order valence-electron chi connectivity index (χ0n) is 14.2. The topological polar surface area (TPSA) is 49.4 Å². The molecule has 2 aromatic rings. The van der Waals surface area contributed by atoms with E-state index in [1.807, 2.05) is 30.3 Å². The van der Waals surface area contributed by atoms with Gasteiger partial charge in [-0.1, -0.05) is 48.5 Å². The van der Waals surface area contributed by atoms with Gasteiger partial charge in [0.15, 0.2) is 0 Å². The van der Waals surface area contributed by atoms with Crippen LogP contribution in [0, 0.1) is 5.82 Å². The quantitative estimate of drug-likeness (QED) is 0.900. The molecule has 0 aliphatic carbocycles. The molecule has 4 rings (SSSR count). The molecule has 2 heterocycles. The summed E-state index contributed by atoms with van der Waals surface area (Å²) in [5.41, 5.74) is 1.49. The predicted molar refractivity (Wildman–Crippen MR) is 98.7 cm³/mol. The molecule has 0 bridgehead atoms. The van der Waals surface area contributed by atoms with E-state index >= 15 is 0 Å². The molecular weight excluding hydrogens is 351 g/mol. The van der Waals surface area contributed by atoms with Crippen LogP contribution in [0.1, 0.15) is 24.0 Å². The van der Waals surface area contributed by atoms with E-state index in [0.29, 0.717) is 24.2 Å². The Labute approximate surface area is 155 Å². The first kappa shape index (κ1) is 17.1. The second kappa shape index (κ2) is 6.76. The molecule has 6 heteroatoms. The third-order valence-corrected chi connectivity index (χ3v) is 6.66. The zero-order valence-corrected chi connectivity index (χ0v) is 15.0. The van der Waals surface area contributed by atoms with Gasteiger partial charge in [0.1, 0.15) is 16.7 Å². The average Bonchev–Trinajstić information content (AvgIpc) is 3.21. The Morgan fingerprint density at radius 2 is 1.92 bits per heavy atom. The van der Waals surface area contributed by atoms with Crippen LogP contribution >= 0.6 is 11.8 Å². The molecule has 134 valence electrons. The Balaban J connectivity index is 1.54. The lowest BCUT2D eigenvalue weighted by molar-refractivity contribution is -0.138. The van der Waals surface area contributed by atoms with E-state index < -0.39 is 10.9 Å². The number of rotatable bonds is 4. The van der Waals surface area contributed by atoms with Crippen molar-refractivity contribution >= 4 is 23.6 Å². The van der Waals surface area contributed by atoms with Crippen molar-refractivity contribution in [2.75, 3.05) is 5.75 Å². The SMILES string of the molecule is O=C(NCc1ccccc1F)[C@H]1CS[C@]2(c3ccccc3)CCC(=O)N12. The zero-order chi connectivity index (χ0) is 18.1. The van der Waals surface area contributed by atoms with Gasteiger partial charge in [0.25, 0.3) is 0 Å². The summed E-state index contributed by atoms with van der Waals surface area (Å²) in [5.74, 6) is -0.0211. The van der Waals surface area contributed by atoms with Gasteiger partial charge in [0.05, 0.1) is 0 Å². The molecule has 2 saturated heterocycles. The number of nitrogens with zero attached hydrogens (tertiary/aromatic N) is 1. The van der Waals surface area contributed by atoms with Crippen molar-refractivity contribution < 1.29 is 14.0 Å². The number of benzene rings is 2. The highest BCUT2D eigenvalue weighted by Gasteiger charge is 2.56. The molecule has 2 aromatic carbocycles. The highest BCUT2D eigenvalue weighted by molar-refractivity contribution is 8.00. The van der Waals surface area contributed by atoms with Crippen molar-refractivity contribution in [2.45, 2.75) is 30.3 Å². The van der Waals surface area contributed by atoms with Crippen LogP contribution in [-0.2, 0) is 21.0 Å². The fourth-order valence-electron chi connectivity index (χ4n) is 3.78. The summed E-state index contributed by atoms with van der Waals surface area (Å²) in [7, 11) is 0. The molecule has 26 heavy (non-hydrogen) atoms. The first-order valence-corrected chi connectivity index (χ1v) is 9.63. The van der Waals surface area contributed by atoms with Gasteiger partial charge in [-0.15, -0.1) is 11.8 Å². The summed E-state index contributed by atoms with van der Waals surface area (Å²) in [5, 5.41) is 2.80. The molecule has 0 saturated carbocycles. The molecule has 2 amide bonds. The van der Waals surface area contributed by atoms with Gasteiger partial charge >= 0.3 is 0 Å². The van der Waals surface area contributed by atoms with Gasteiger partial charge in [0, 0.05) is 24.3 Å². The minimum Gasteiger partial charge on any atom is -0.350 e. The Morgan fingerprint density at radius 1 is 1.19 bits per heavy atom. The highest BCUT2D eigenvalue weighted by atomic mass is 32.2. The summed E-state index contributed by atoms with van der Waals surface area (Å²) >= 11 is 1.65. The molecular formula is C20H19FN2O2S. The Morgan fingerprint density at radius 3 is 2.69 bits per heavy atom. The molecule has 4 nitrogen and oxygen atoms in total.